The number of nitrogens with zero attached hydrogens (tertiary/aromatic N) is 3. The first kappa shape index (κ1) is 18.8. The van der Waals surface area contributed by atoms with Crippen LogP contribution in [0, 0.1) is 0 Å². The summed E-state index contributed by atoms with van der Waals surface area (Å²) in [4.78, 5) is 18.2. The zero-order valence-corrected chi connectivity index (χ0v) is 15.3. The number of amides is 2. The second-order valence-electron chi connectivity index (χ2n) is 6.27. The van der Waals surface area contributed by atoms with Crippen LogP contribution in [0.3, 0.4) is 0 Å². The highest BCUT2D eigenvalue weighted by Gasteiger charge is 2.16. The maximum absolute atomic E-state index is 12.2. The second kappa shape index (κ2) is 9.08. The minimum Gasteiger partial charge on any atom is -0.497 e. The second-order valence-corrected chi connectivity index (χ2v) is 6.27. The molecule has 7 nitrogen and oxygen atoms in total. The number of hydrogen-bond acceptors (Lipinski definition) is 4. The third-order valence-corrected chi connectivity index (χ3v) is 4.00. The number of nitrogens with one attached hydrogen (secondary N) is 2. The summed E-state index contributed by atoms with van der Waals surface area (Å²) in [7, 11) is 5.64. The molecule has 136 valence electrons. The molecule has 1 heterocycles. The Kier molecular flexibility index (Phi) is 6.82. The third-order valence-electron chi connectivity index (χ3n) is 4.00. The monoisotopic (exact) mass is 345 g/mol. The van der Waals surface area contributed by atoms with Crippen LogP contribution in [0.15, 0.2) is 43.0 Å². The van der Waals surface area contributed by atoms with Gasteiger partial charge in [0.2, 0.25) is 0 Å². The topological polar surface area (TPSA) is 71.4 Å². The van der Waals surface area contributed by atoms with Gasteiger partial charge in [0.15, 0.2) is 0 Å². The number of aromatic nitrogens is 2. The van der Waals surface area contributed by atoms with Crippen molar-refractivity contribution in [3.63, 3.8) is 0 Å². The van der Waals surface area contributed by atoms with E-state index in [9.17, 15) is 4.79 Å². The van der Waals surface area contributed by atoms with Gasteiger partial charge < -0.3 is 24.8 Å². The van der Waals surface area contributed by atoms with Crippen LogP contribution in [-0.2, 0) is 6.54 Å². The lowest BCUT2D eigenvalue weighted by molar-refractivity contribution is 0.228. The van der Waals surface area contributed by atoms with Crippen molar-refractivity contribution in [2.75, 3.05) is 27.7 Å². The Morgan fingerprint density at radius 1 is 1.32 bits per heavy atom. The summed E-state index contributed by atoms with van der Waals surface area (Å²) in [5, 5.41) is 5.90. The summed E-state index contributed by atoms with van der Waals surface area (Å²) in [6, 6.07) is 7.81. The van der Waals surface area contributed by atoms with Crippen LogP contribution >= 0.6 is 0 Å². The summed E-state index contributed by atoms with van der Waals surface area (Å²) in [6.45, 7) is 3.17. The van der Waals surface area contributed by atoms with Gasteiger partial charge in [-0.15, -0.1) is 0 Å². The largest absolute Gasteiger partial charge is 0.497 e. The predicted molar refractivity (Wildman–Crippen MR) is 97.6 cm³/mol. The summed E-state index contributed by atoms with van der Waals surface area (Å²) in [5.74, 6) is 0.820. The number of benzene rings is 1. The van der Waals surface area contributed by atoms with Gasteiger partial charge in [-0.05, 0) is 38.7 Å². The highest BCUT2D eigenvalue weighted by atomic mass is 16.5. The number of likely N-dealkylation sites (N-methyl/N-ethyl adjacent to an activating group) is 1. The van der Waals surface area contributed by atoms with Gasteiger partial charge in [0, 0.05) is 31.5 Å². The maximum Gasteiger partial charge on any atom is 0.315 e. The lowest BCUT2D eigenvalue weighted by Gasteiger charge is -2.26. The average molecular weight is 345 g/mol. The van der Waals surface area contributed by atoms with Crippen LogP contribution in [0.4, 0.5) is 4.79 Å². The minimum atomic E-state index is -0.173. The molecule has 0 aliphatic rings. The molecule has 25 heavy (non-hydrogen) atoms. The first-order chi connectivity index (χ1) is 12.0. The highest BCUT2D eigenvalue weighted by Crippen LogP contribution is 2.20. The van der Waals surface area contributed by atoms with E-state index in [1.54, 1.807) is 19.6 Å². The van der Waals surface area contributed by atoms with Gasteiger partial charge in [0.1, 0.15) is 5.75 Å². The van der Waals surface area contributed by atoms with Crippen molar-refractivity contribution >= 4 is 6.03 Å². The van der Waals surface area contributed by atoms with Crippen LogP contribution in [0.1, 0.15) is 18.5 Å². The summed E-state index contributed by atoms with van der Waals surface area (Å²) in [6.07, 6.45) is 5.34. The Labute approximate surface area is 149 Å². The maximum atomic E-state index is 12.2. The first-order valence-corrected chi connectivity index (χ1v) is 8.30. The number of urea groups is 1. The molecule has 7 heteroatoms. The average Bonchev–Trinajstić information content (AvgIpc) is 3.08. The van der Waals surface area contributed by atoms with Gasteiger partial charge in [-0.25, -0.2) is 9.78 Å². The van der Waals surface area contributed by atoms with E-state index in [1.165, 1.54) is 0 Å². The molecule has 0 fully saturated rings. The van der Waals surface area contributed by atoms with E-state index < -0.39 is 0 Å². The number of hydrogen-bond donors (Lipinski definition) is 2. The van der Waals surface area contributed by atoms with Crippen LogP contribution in [-0.4, -0.2) is 54.3 Å². The third kappa shape index (κ3) is 5.79. The Bertz CT molecular complexity index is 640. The fourth-order valence-electron chi connectivity index (χ4n) is 2.65. The van der Waals surface area contributed by atoms with Crippen LogP contribution in [0.5, 0.6) is 5.75 Å². The predicted octanol–water partition coefficient (Wildman–Crippen LogP) is 1.88. The van der Waals surface area contributed by atoms with Gasteiger partial charge in [-0.3, -0.25) is 0 Å². The van der Waals surface area contributed by atoms with Gasteiger partial charge in [-0.1, -0.05) is 12.1 Å². The van der Waals surface area contributed by atoms with Crippen molar-refractivity contribution < 1.29 is 9.53 Å². The van der Waals surface area contributed by atoms with Crippen LogP contribution in [0.25, 0.3) is 0 Å². The Hall–Kier alpha value is -2.54. The van der Waals surface area contributed by atoms with Gasteiger partial charge in [-0.2, -0.15) is 0 Å². The number of ether oxygens (including phenoxy) is 1. The molecule has 2 amide bonds. The van der Waals surface area contributed by atoms with E-state index in [4.69, 9.17) is 4.74 Å². The van der Waals surface area contributed by atoms with E-state index >= 15 is 0 Å². The van der Waals surface area contributed by atoms with E-state index in [1.807, 2.05) is 56.0 Å². The fraction of sp³-hybridized carbons (Fsp3) is 0.444. The number of carbonyl (C=O) groups excluding carboxylic acids is 1. The highest BCUT2D eigenvalue weighted by molar-refractivity contribution is 5.74. The Morgan fingerprint density at radius 2 is 2.04 bits per heavy atom. The smallest absolute Gasteiger partial charge is 0.315 e. The molecule has 0 saturated heterocycles. The van der Waals surface area contributed by atoms with E-state index in [0.717, 1.165) is 11.3 Å². The quantitative estimate of drug-likeness (QED) is 0.766. The molecule has 2 N–H and O–H groups in total. The molecule has 2 rings (SSSR count). The lowest BCUT2D eigenvalue weighted by Crippen LogP contribution is -2.45. The molecule has 0 spiro atoms. The molecule has 0 aliphatic carbocycles. The van der Waals surface area contributed by atoms with Gasteiger partial charge in [0.25, 0.3) is 0 Å². The molecule has 2 aromatic rings. The molecular weight excluding hydrogens is 318 g/mol. The summed E-state index contributed by atoms with van der Waals surface area (Å²) < 4.78 is 7.13. The summed E-state index contributed by atoms with van der Waals surface area (Å²) >= 11 is 0. The molecule has 1 aromatic heterocycles. The molecule has 0 aliphatic heterocycles. The molecule has 0 bridgehead atoms. The van der Waals surface area contributed by atoms with Crippen LogP contribution in [0.2, 0.25) is 0 Å². The Morgan fingerprint density at radius 3 is 2.60 bits per heavy atom. The molecular formula is C18H27N5O2. The van der Waals surface area contributed by atoms with Crippen molar-refractivity contribution in [1.82, 2.24) is 25.1 Å². The van der Waals surface area contributed by atoms with Crippen molar-refractivity contribution in [2.24, 2.45) is 0 Å². The van der Waals surface area contributed by atoms with Gasteiger partial charge in [0.05, 0.1) is 19.5 Å². The standard InChI is InChI=1S/C18H27N5O2/c1-14(12-23-10-9-19-13-23)21-18(24)20-11-17(22(2)3)15-5-7-16(25-4)8-6-15/h5-10,13-14,17H,11-12H2,1-4H3,(H2,20,21,24)/t14-,17-/m1/s1. The minimum absolute atomic E-state index is 0.00740. The van der Waals surface area contributed by atoms with Crippen molar-refractivity contribution in [2.45, 2.75) is 25.6 Å². The zero-order chi connectivity index (χ0) is 18.2. The van der Waals surface area contributed by atoms with E-state index in [-0.39, 0.29) is 18.1 Å². The number of rotatable bonds is 8. The number of carbonyl (C=O) groups is 1. The number of methoxy groups -OCH3 is 1. The molecule has 1 aromatic carbocycles. The normalized spacial score (nSPS) is 13.3. The first-order valence-electron chi connectivity index (χ1n) is 8.30. The van der Waals surface area contributed by atoms with Crippen molar-refractivity contribution in [3.8, 4) is 5.75 Å². The van der Waals surface area contributed by atoms with Crippen molar-refractivity contribution in [1.29, 1.82) is 0 Å². The molecule has 0 saturated carbocycles. The van der Waals surface area contributed by atoms with Gasteiger partial charge >= 0.3 is 6.03 Å². The number of imidazole rings is 1. The van der Waals surface area contributed by atoms with E-state index in [0.29, 0.717) is 13.1 Å². The lowest BCUT2D eigenvalue weighted by atomic mass is 10.1. The van der Waals surface area contributed by atoms with Crippen molar-refractivity contribution in [3.05, 3.63) is 48.5 Å². The molecule has 0 radical (unpaired) electrons. The zero-order valence-electron chi connectivity index (χ0n) is 15.3. The SMILES string of the molecule is COc1ccc([C@@H](CNC(=O)N[C@H](C)Cn2ccnc2)N(C)C)cc1. The van der Waals surface area contributed by atoms with Crippen LogP contribution < -0.4 is 15.4 Å². The Balaban J connectivity index is 1.86. The fourth-order valence-corrected chi connectivity index (χ4v) is 2.65. The molecule has 2 atom stereocenters. The van der Waals surface area contributed by atoms with E-state index in [2.05, 4.69) is 20.5 Å². The summed E-state index contributed by atoms with van der Waals surface area (Å²) in [5.41, 5.74) is 1.12. The molecule has 0 unspecified atom stereocenters.